The van der Waals surface area contributed by atoms with Crippen molar-refractivity contribution in [3.8, 4) is 11.3 Å². The molecule has 0 bridgehead atoms. The Morgan fingerprint density at radius 2 is 1.92 bits per heavy atom. The molecule has 1 amide bonds. The van der Waals surface area contributed by atoms with Gasteiger partial charge in [-0.3, -0.25) is 14.6 Å². The van der Waals surface area contributed by atoms with E-state index in [0.29, 0.717) is 11.1 Å². The number of halogens is 1. The molecule has 0 spiro atoms. The molecule has 0 aliphatic heterocycles. The first-order valence-corrected chi connectivity index (χ1v) is 7.57. The van der Waals surface area contributed by atoms with Crippen molar-refractivity contribution in [1.29, 1.82) is 0 Å². The van der Waals surface area contributed by atoms with Gasteiger partial charge in [0, 0.05) is 29.1 Å². The zero-order valence-electron chi connectivity index (χ0n) is 13.5. The van der Waals surface area contributed by atoms with Crippen LogP contribution >= 0.6 is 0 Å². The van der Waals surface area contributed by atoms with E-state index in [1.165, 1.54) is 36.8 Å². The van der Waals surface area contributed by atoms with Crippen LogP contribution in [0.2, 0.25) is 0 Å². The molecule has 0 radical (unpaired) electrons. The van der Waals surface area contributed by atoms with Crippen molar-refractivity contribution in [3.05, 3.63) is 71.3 Å². The topological polar surface area (TPSA) is 125 Å². The van der Waals surface area contributed by atoms with Gasteiger partial charge in [-0.15, -0.1) is 0 Å². The maximum atomic E-state index is 13.3. The summed E-state index contributed by atoms with van der Waals surface area (Å²) < 4.78 is 13.3. The number of hydrogen-bond acceptors (Lipinski definition) is 6. The van der Waals surface area contributed by atoms with Crippen molar-refractivity contribution in [2.45, 2.75) is 6.67 Å². The summed E-state index contributed by atoms with van der Waals surface area (Å²) in [6.07, 6.45) is 4.23. The molecule has 3 aromatic rings. The molecule has 0 fully saturated rings. The number of rotatable bonds is 5. The van der Waals surface area contributed by atoms with E-state index in [4.69, 9.17) is 11.5 Å². The average molecular weight is 351 g/mol. The standard InChI is InChI=1S/C18H14FN5O2/c19-7-11-4-3-10(18(21)26)6-13(11)14-9-23-17(20)15(24-14)16(25)12-2-1-5-22-8-12/h1-6,8-9H,7H2,(H2,20,23)(H2,21,26). The third-order valence-electron chi connectivity index (χ3n) is 3.75. The number of pyridine rings is 1. The molecule has 1 aromatic carbocycles. The molecular formula is C18H14FN5O2. The fourth-order valence-corrected chi connectivity index (χ4v) is 2.41. The molecule has 0 aliphatic carbocycles. The maximum Gasteiger partial charge on any atom is 0.248 e. The molecule has 0 unspecified atom stereocenters. The lowest BCUT2D eigenvalue weighted by Crippen LogP contribution is -2.12. The van der Waals surface area contributed by atoms with E-state index in [0.717, 1.165) is 0 Å². The van der Waals surface area contributed by atoms with Gasteiger partial charge in [-0.2, -0.15) is 0 Å². The lowest BCUT2D eigenvalue weighted by Gasteiger charge is -2.10. The highest BCUT2D eigenvalue weighted by Gasteiger charge is 2.18. The highest BCUT2D eigenvalue weighted by atomic mass is 19.1. The SMILES string of the molecule is NC(=O)c1ccc(CF)c(-c2cnc(N)c(C(=O)c3cccnc3)n2)c1. The second-order valence-electron chi connectivity index (χ2n) is 5.43. The normalized spacial score (nSPS) is 10.5. The van der Waals surface area contributed by atoms with Crippen molar-refractivity contribution in [1.82, 2.24) is 15.0 Å². The van der Waals surface area contributed by atoms with Gasteiger partial charge in [0.2, 0.25) is 11.7 Å². The summed E-state index contributed by atoms with van der Waals surface area (Å²) in [5.74, 6) is -1.18. The molecule has 0 aliphatic rings. The van der Waals surface area contributed by atoms with E-state index >= 15 is 0 Å². The van der Waals surface area contributed by atoms with Crippen LogP contribution in [0.15, 0.2) is 48.9 Å². The van der Waals surface area contributed by atoms with Crippen LogP contribution in [0.4, 0.5) is 10.2 Å². The molecule has 2 aromatic heterocycles. The summed E-state index contributed by atoms with van der Waals surface area (Å²) in [4.78, 5) is 36.1. The molecule has 3 rings (SSSR count). The third kappa shape index (κ3) is 3.25. The Morgan fingerprint density at radius 3 is 2.58 bits per heavy atom. The van der Waals surface area contributed by atoms with E-state index in [2.05, 4.69) is 15.0 Å². The molecule has 26 heavy (non-hydrogen) atoms. The minimum absolute atomic E-state index is 0.0598. The molecule has 8 heteroatoms. The van der Waals surface area contributed by atoms with E-state index in [1.54, 1.807) is 12.1 Å². The first-order valence-electron chi connectivity index (χ1n) is 7.57. The number of benzene rings is 1. The van der Waals surface area contributed by atoms with Gasteiger partial charge in [-0.25, -0.2) is 14.4 Å². The number of hydrogen-bond donors (Lipinski definition) is 2. The summed E-state index contributed by atoms with van der Waals surface area (Å²) in [5.41, 5.74) is 12.3. The highest BCUT2D eigenvalue weighted by Crippen LogP contribution is 2.26. The van der Waals surface area contributed by atoms with Crippen molar-refractivity contribution in [2.75, 3.05) is 5.73 Å². The zero-order chi connectivity index (χ0) is 18.7. The predicted molar refractivity (Wildman–Crippen MR) is 92.9 cm³/mol. The van der Waals surface area contributed by atoms with Crippen LogP contribution in [0.5, 0.6) is 0 Å². The number of carbonyl (C=O) groups is 2. The minimum Gasteiger partial charge on any atom is -0.382 e. The Balaban J connectivity index is 2.12. The summed E-state index contributed by atoms with van der Waals surface area (Å²) in [6, 6.07) is 7.46. The Kier molecular flexibility index (Phi) is 4.66. The first kappa shape index (κ1) is 17.2. The molecule has 0 saturated heterocycles. The number of primary amides is 1. The number of nitrogens with zero attached hydrogens (tertiary/aromatic N) is 3. The predicted octanol–water partition coefficient (Wildman–Crippen LogP) is 1.92. The van der Waals surface area contributed by atoms with Crippen LogP contribution in [-0.4, -0.2) is 26.6 Å². The van der Waals surface area contributed by atoms with Crippen molar-refractivity contribution in [3.63, 3.8) is 0 Å². The van der Waals surface area contributed by atoms with Crippen molar-refractivity contribution in [2.24, 2.45) is 5.73 Å². The number of anilines is 1. The average Bonchev–Trinajstić information content (AvgIpc) is 2.68. The molecule has 0 atom stereocenters. The van der Waals surface area contributed by atoms with Gasteiger partial charge >= 0.3 is 0 Å². The fourth-order valence-electron chi connectivity index (χ4n) is 2.41. The van der Waals surface area contributed by atoms with Crippen LogP contribution in [0.1, 0.15) is 32.0 Å². The molecule has 4 N–H and O–H groups in total. The minimum atomic E-state index is -0.785. The fraction of sp³-hybridized carbons (Fsp3) is 0.0556. The highest BCUT2D eigenvalue weighted by molar-refractivity contribution is 6.10. The lowest BCUT2D eigenvalue weighted by molar-refractivity contribution is 0.0998. The van der Waals surface area contributed by atoms with Crippen LogP contribution < -0.4 is 11.5 Å². The lowest BCUT2D eigenvalue weighted by atomic mass is 10.0. The summed E-state index contributed by atoms with van der Waals surface area (Å²) >= 11 is 0. The number of ketones is 1. The van der Waals surface area contributed by atoms with Gasteiger partial charge in [0.25, 0.3) is 0 Å². The number of aromatic nitrogens is 3. The van der Waals surface area contributed by atoms with Gasteiger partial charge < -0.3 is 11.5 Å². The molecular weight excluding hydrogens is 337 g/mol. The summed E-state index contributed by atoms with van der Waals surface area (Å²) in [6.45, 7) is -0.785. The van der Waals surface area contributed by atoms with Gasteiger partial charge in [0.1, 0.15) is 6.67 Å². The Bertz CT molecular complexity index is 992. The van der Waals surface area contributed by atoms with Gasteiger partial charge in [-0.05, 0) is 29.8 Å². The second kappa shape index (κ2) is 7.06. The Morgan fingerprint density at radius 1 is 1.12 bits per heavy atom. The summed E-state index contributed by atoms with van der Waals surface area (Å²) in [5, 5.41) is 0. The number of amides is 1. The molecule has 7 nitrogen and oxygen atoms in total. The number of nitrogen functional groups attached to an aromatic ring is 1. The zero-order valence-corrected chi connectivity index (χ0v) is 13.5. The maximum absolute atomic E-state index is 13.3. The Hall–Kier alpha value is -3.68. The van der Waals surface area contributed by atoms with Gasteiger partial charge in [-0.1, -0.05) is 6.07 Å². The quantitative estimate of drug-likeness (QED) is 0.677. The number of alkyl halides is 1. The van der Waals surface area contributed by atoms with Crippen LogP contribution in [-0.2, 0) is 6.67 Å². The molecule has 2 heterocycles. The van der Waals surface area contributed by atoms with Gasteiger partial charge in [0.15, 0.2) is 11.5 Å². The molecule has 0 saturated carbocycles. The number of nitrogens with two attached hydrogens (primary N) is 2. The molecule has 130 valence electrons. The Labute approximate surface area is 147 Å². The van der Waals surface area contributed by atoms with E-state index in [-0.39, 0.29) is 28.3 Å². The number of carbonyl (C=O) groups excluding carboxylic acids is 2. The van der Waals surface area contributed by atoms with E-state index < -0.39 is 18.4 Å². The van der Waals surface area contributed by atoms with Crippen LogP contribution in [0.3, 0.4) is 0 Å². The van der Waals surface area contributed by atoms with Gasteiger partial charge in [0.05, 0.1) is 11.9 Å². The third-order valence-corrected chi connectivity index (χ3v) is 3.75. The summed E-state index contributed by atoms with van der Waals surface area (Å²) in [7, 11) is 0. The van der Waals surface area contributed by atoms with Crippen LogP contribution in [0, 0.1) is 0 Å². The second-order valence-corrected chi connectivity index (χ2v) is 5.43. The first-order chi connectivity index (χ1) is 12.5. The van der Waals surface area contributed by atoms with E-state index in [9.17, 15) is 14.0 Å². The monoisotopic (exact) mass is 351 g/mol. The van der Waals surface area contributed by atoms with Crippen molar-refractivity contribution >= 4 is 17.5 Å². The smallest absolute Gasteiger partial charge is 0.248 e. The largest absolute Gasteiger partial charge is 0.382 e. The van der Waals surface area contributed by atoms with E-state index in [1.807, 2.05) is 0 Å². The van der Waals surface area contributed by atoms with Crippen LogP contribution in [0.25, 0.3) is 11.3 Å². The van der Waals surface area contributed by atoms with Crippen molar-refractivity contribution < 1.29 is 14.0 Å².